The molecule has 0 radical (unpaired) electrons. The van der Waals surface area contributed by atoms with Gasteiger partial charge in [-0.3, -0.25) is 14.2 Å². The van der Waals surface area contributed by atoms with Crippen molar-refractivity contribution >= 4 is 33.7 Å². The minimum Gasteiger partial charge on any atom is -0.286 e. The van der Waals surface area contributed by atoms with Crippen LogP contribution in [0, 0.1) is 5.92 Å². The molecule has 0 bridgehead atoms. The third-order valence-electron chi connectivity index (χ3n) is 6.03. The molecule has 4 rings (SSSR count). The predicted octanol–water partition coefficient (Wildman–Crippen LogP) is 4.42. The van der Waals surface area contributed by atoms with Crippen LogP contribution in [0.25, 0.3) is 10.2 Å². The molecular formula is C24H28N4O2S. The Labute approximate surface area is 186 Å². The molecule has 162 valence electrons. The van der Waals surface area contributed by atoms with Gasteiger partial charge in [0.15, 0.2) is 0 Å². The number of thiophene rings is 1. The second-order valence-electron chi connectivity index (χ2n) is 8.72. The van der Waals surface area contributed by atoms with Gasteiger partial charge >= 0.3 is 0 Å². The lowest BCUT2D eigenvalue weighted by Crippen LogP contribution is -2.34. The van der Waals surface area contributed by atoms with Gasteiger partial charge in [-0.1, -0.05) is 45.0 Å². The minimum absolute atomic E-state index is 0.145. The zero-order chi connectivity index (χ0) is 22.1. The fourth-order valence-corrected chi connectivity index (χ4v) is 5.32. The molecule has 31 heavy (non-hydrogen) atoms. The summed E-state index contributed by atoms with van der Waals surface area (Å²) in [6.45, 7) is 8.22. The molecule has 1 aromatic carbocycles. The topological polar surface area (TPSA) is 76.3 Å². The molecule has 3 aromatic rings. The first kappa shape index (κ1) is 21.4. The second kappa shape index (κ2) is 8.75. The Bertz CT molecular complexity index is 1190. The summed E-state index contributed by atoms with van der Waals surface area (Å²) in [5.74, 6) is 0.746. The number of rotatable bonds is 5. The Morgan fingerprint density at radius 3 is 2.74 bits per heavy atom. The lowest BCUT2D eigenvalue weighted by Gasteiger charge is -2.18. The number of nitrogens with one attached hydrogen (secondary N) is 1. The van der Waals surface area contributed by atoms with E-state index in [1.807, 2.05) is 12.1 Å². The first-order valence-electron chi connectivity index (χ1n) is 10.8. The average molecular weight is 437 g/mol. The lowest BCUT2D eigenvalue weighted by atomic mass is 9.89. The summed E-state index contributed by atoms with van der Waals surface area (Å²) in [4.78, 5) is 32.3. The van der Waals surface area contributed by atoms with Crippen LogP contribution < -0.4 is 11.0 Å². The van der Waals surface area contributed by atoms with Crippen LogP contribution in [-0.4, -0.2) is 21.7 Å². The van der Waals surface area contributed by atoms with E-state index in [1.165, 1.54) is 21.3 Å². The number of hydrogen-bond acceptors (Lipinski definition) is 5. The molecule has 0 saturated carbocycles. The lowest BCUT2D eigenvalue weighted by molar-refractivity contribution is -0.123. The summed E-state index contributed by atoms with van der Waals surface area (Å²) >= 11 is 1.61. The summed E-state index contributed by atoms with van der Waals surface area (Å²) in [5.41, 5.74) is 5.68. The van der Waals surface area contributed by atoms with Gasteiger partial charge in [0.25, 0.3) is 11.5 Å². The van der Waals surface area contributed by atoms with E-state index < -0.39 is 6.04 Å². The minimum atomic E-state index is -0.706. The first-order valence-corrected chi connectivity index (χ1v) is 11.6. The summed E-state index contributed by atoms with van der Waals surface area (Å²) in [6.07, 6.45) is 6.07. The SMILES string of the molecule is CC(C)c1ccc(/C=N/NC(=O)[C@H](C)n2cnc3sc4c(c3c2=O)CC[C@@H](C)C4)cc1. The highest BCUT2D eigenvalue weighted by atomic mass is 32.1. The monoisotopic (exact) mass is 436 g/mol. The van der Waals surface area contributed by atoms with Crippen molar-refractivity contribution in [3.63, 3.8) is 0 Å². The number of benzene rings is 1. The van der Waals surface area contributed by atoms with Gasteiger partial charge in [-0.2, -0.15) is 5.10 Å². The highest BCUT2D eigenvalue weighted by Gasteiger charge is 2.25. The van der Waals surface area contributed by atoms with E-state index in [4.69, 9.17) is 0 Å². The summed E-state index contributed by atoms with van der Waals surface area (Å²) in [7, 11) is 0. The molecule has 0 unspecified atom stereocenters. The molecular weight excluding hydrogens is 408 g/mol. The summed E-state index contributed by atoms with van der Waals surface area (Å²) in [6, 6.07) is 7.34. The molecule has 0 spiro atoms. The maximum Gasteiger partial charge on any atom is 0.263 e. The first-order chi connectivity index (χ1) is 14.8. The molecule has 1 aliphatic carbocycles. The number of fused-ring (bicyclic) bond motifs is 3. The third-order valence-corrected chi connectivity index (χ3v) is 7.19. The molecule has 1 amide bonds. The predicted molar refractivity (Wildman–Crippen MR) is 126 cm³/mol. The maximum absolute atomic E-state index is 13.2. The highest BCUT2D eigenvalue weighted by molar-refractivity contribution is 7.18. The van der Waals surface area contributed by atoms with Crippen molar-refractivity contribution in [3.8, 4) is 0 Å². The molecule has 7 heteroatoms. The molecule has 1 N–H and O–H groups in total. The summed E-state index contributed by atoms with van der Waals surface area (Å²) < 4.78 is 1.41. The number of hydrogen-bond donors (Lipinski definition) is 1. The van der Waals surface area contributed by atoms with Gasteiger partial charge in [0.05, 0.1) is 17.9 Å². The Morgan fingerprint density at radius 1 is 1.29 bits per heavy atom. The average Bonchev–Trinajstić information content (AvgIpc) is 3.12. The quantitative estimate of drug-likeness (QED) is 0.475. The van der Waals surface area contributed by atoms with Crippen LogP contribution in [0.3, 0.4) is 0 Å². The highest BCUT2D eigenvalue weighted by Crippen LogP contribution is 2.35. The van der Waals surface area contributed by atoms with Gasteiger partial charge < -0.3 is 0 Å². The molecule has 2 aromatic heterocycles. The van der Waals surface area contributed by atoms with E-state index in [9.17, 15) is 9.59 Å². The van der Waals surface area contributed by atoms with Crippen LogP contribution in [0.2, 0.25) is 0 Å². The van der Waals surface area contributed by atoms with Crippen LogP contribution in [-0.2, 0) is 17.6 Å². The molecule has 2 atom stereocenters. The standard InChI is InChI=1S/C24H28N4O2S/c1-14(2)18-8-6-17(7-9-18)12-26-27-22(29)16(4)28-13-25-23-21(24(28)30)19-10-5-15(3)11-20(19)31-23/h6-9,12-16H,5,10-11H2,1-4H3,(H,27,29)/b26-12+/t15-,16+/m1/s1. The number of nitrogens with zero attached hydrogens (tertiary/aromatic N) is 3. The largest absolute Gasteiger partial charge is 0.286 e. The van der Waals surface area contributed by atoms with Crippen LogP contribution in [0.1, 0.15) is 67.6 Å². The fourth-order valence-electron chi connectivity index (χ4n) is 3.98. The van der Waals surface area contributed by atoms with Crippen LogP contribution in [0.5, 0.6) is 0 Å². The zero-order valence-corrected chi connectivity index (χ0v) is 19.2. The number of aryl methyl sites for hydroxylation is 1. The number of carbonyl (C=O) groups is 1. The Hall–Kier alpha value is -2.80. The fraction of sp³-hybridized carbons (Fsp3) is 0.417. The second-order valence-corrected chi connectivity index (χ2v) is 9.80. The maximum atomic E-state index is 13.2. The van der Waals surface area contributed by atoms with E-state index >= 15 is 0 Å². The Balaban J connectivity index is 1.51. The third kappa shape index (κ3) is 4.32. The molecule has 0 saturated heterocycles. The van der Waals surface area contributed by atoms with Crippen LogP contribution in [0.4, 0.5) is 0 Å². The number of aromatic nitrogens is 2. The molecule has 0 fully saturated rings. The molecule has 6 nitrogen and oxygen atoms in total. The van der Waals surface area contributed by atoms with Crippen molar-refractivity contribution in [1.29, 1.82) is 0 Å². The van der Waals surface area contributed by atoms with Crippen LogP contribution >= 0.6 is 11.3 Å². The van der Waals surface area contributed by atoms with Crippen molar-refractivity contribution in [2.75, 3.05) is 0 Å². The van der Waals surface area contributed by atoms with Crippen molar-refractivity contribution in [2.45, 2.75) is 58.9 Å². The van der Waals surface area contributed by atoms with Crippen molar-refractivity contribution in [3.05, 3.63) is 62.5 Å². The van der Waals surface area contributed by atoms with Gasteiger partial charge in [-0.15, -0.1) is 11.3 Å². The van der Waals surface area contributed by atoms with Gasteiger partial charge in [0.2, 0.25) is 0 Å². The smallest absolute Gasteiger partial charge is 0.263 e. The van der Waals surface area contributed by atoms with Crippen molar-refractivity contribution in [2.24, 2.45) is 11.0 Å². The Morgan fingerprint density at radius 2 is 2.03 bits per heavy atom. The molecule has 0 aliphatic heterocycles. The van der Waals surface area contributed by atoms with Gasteiger partial charge in [-0.25, -0.2) is 10.4 Å². The zero-order valence-electron chi connectivity index (χ0n) is 18.4. The number of hydrazone groups is 1. The number of carbonyl (C=O) groups excluding carboxylic acids is 1. The molecule has 2 heterocycles. The van der Waals surface area contributed by atoms with E-state index in [0.717, 1.165) is 35.2 Å². The van der Waals surface area contributed by atoms with E-state index in [0.29, 0.717) is 17.2 Å². The Kier molecular flexibility index (Phi) is 6.05. The normalized spacial score (nSPS) is 17.3. The van der Waals surface area contributed by atoms with Gasteiger partial charge in [0.1, 0.15) is 10.9 Å². The van der Waals surface area contributed by atoms with Crippen molar-refractivity contribution in [1.82, 2.24) is 15.0 Å². The molecule has 1 aliphatic rings. The van der Waals surface area contributed by atoms with E-state index in [-0.39, 0.29) is 11.5 Å². The number of amides is 1. The van der Waals surface area contributed by atoms with Crippen molar-refractivity contribution < 1.29 is 4.79 Å². The summed E-state index contributed by atoms with van der Waals surface area (Å²) in [5, 5.41) is 4.75. The van der Waals surface area contributed by atoms with Gasteiger partial charge in [0, 0.05) is 4.88 Å². The van der Waals surface area contributed by atoms with Crippen LogP contribution in [0.15, 0.2) is 40.5 Å². The van der Waals surface area contributed by atoms with Gasteiger partial charge in [-0.05, 0) is 54.7 Å². The van der Waals surface area contributed by atoms with E-state index in [2.05, 4.69) is 48.4 Å². The van der Waals surface area contributed by atoms with E-state index in [1.54, 1.807) is 24.5 Å².